The highest BCUT2D eigenvalue weighted by Gasteiger charge is 2.30. The van der Waals surface area contributed by atoms with Crippen LogP contribution in [0.15, 0.2) is 22.5 Å². The second kappa shape index (κ2) is 3.80. The number of hydrogen-bond donors (Lipinski definition) is 1. The standard InChI is InChI=1S/C13H22O/c1-6-9(2)12(14)11-7-8-13(4,5)10(11)3/h14H,6-8H2,1-5H3. The summed E-state index contributed by atoms with van der Waals surface area (Å²) in [4.78, 5) is 0. The third kappa shape index (κ3) is 1.87. The van der Waals surface area contributed by atoms with Crippen molar-refractivity contribution in [1.29, 1.82) is 0 Å². The molecule has 1 N–H and O–H groups in total. The molecule has 0 atom stereocenters. The third-order valence-electron chi connectivity index (χ3n) is 3.69. The van der Waals surface area contributed by atoms with E-state index in [1.54, 1.807) is 0 Å². The zero-order valence-electron chi connectivity index (χ0n) is 10.1. The van der Waals surface area contributed by atoms with E-state index in [4.69, 9.17) is 0 Å². The first-order valence-electron chi connectivity index (χ1n) is 5.49. The summed E-state index contributed by atoms with van der Waals surface area (Å²) in [6.45, 7) is 10.8. The van der Waals surface area contributed by atoms with Gasteiger partial charge in [0.2, 0.25) is 0 Å². The molecule has 1 rings (SSSR count). The van der Waals surface area contributed by atoms with Gasteiger partial charge in [0.15, 0.2) is 0 Å². The van der Waals surface area contributed by atoms with Gasteiger partial charge in [0.05, 0.1) is 0 Å². The van der Waals surface area contributed by atoms with Crippen LogP contribution in [-0.4, -0.2) is 5.11 Å². The highest BCUT2D eigenvalue weighted by Crippen LogP contribution is 2.44. The Morgan fingerprint density at radius 1 is 1.43 bits per heavy atom. The van der Waals surface area contributed by atoms with Gasteiger partial charge in [-0.3, -0.25) is 0 Å². The summed E-state index contributed by atoms with van der Waals surface area (Å²) in [6, 6.07) is 0. The Morgan fingerprint density at radius 2 is 2.00 bits per heavy atom. The molecule has 0 fully saturated rings. The van der Waals surface area contributed by atoms with Crippen LogP contribution < -0.4 is 0 Å². The second-order valence-electron chi connectivity index (χ2n) is 4.97. The highest BCUT2D eigenvalue weighted by molar-refractivity contribution is 5.38. The Kier molecular flexibility index (Phi) is 3.08. The largest absolute Gasteiger partial charge is 0.508 e. The highest BCUT2D eigenvalue weighted by atomic mass is 16.3. The van der Waals surface area contributed by atoms with E-state index in [9.17, 15) is 5.11 Å². The van der Waals surface area contributed by atoms with Crippen LogP contribution >= 0.6 is 0 Å². The minimum absolute atomic E-state index is 0.275. The molecule has 14 heavy (non-hydrogen) atoms. The van der Waals surface area contributed by atoms with E-state index in [0.29, 0.717) is 5.76 Å². The molecule has 0 unspecified atom stereocenters. The summed E-state index contributed by atoms with van der Waals surface area (Å²) in [6.07, 6.45) is 3.13. The van der Waals surface area contributed by atoms with Crippen molar-refractivity contribution in [3.8, 4) is 0 Å². The Bertz CT molecular complexity index is 292. The van der Waals surface area contributed by atoms with Crippen LogP contribution in [0.4, 0.5) is 0 Å². The molecule has 0 radical (unpaired) electrons. The fourth-order valence-corrected chi connectivity index (χ4v) is 1.94. The van der Waals surface area contributed by atoms with Crippen molar-refractivity contribution >= 4 is 0 Å². The summed E-state index contributed by atoms with van der Waals surface area (Å²) in [5.74, 6) is 0.551. The number of hydrogen-bond acceptors (Lipinski definition) is 1. The Labute approximate surface area is 87.5 Å². The fourth-order valence-electron chi connectivity index (χ4n) is 1.94. The van der Waals surface area contributed by atoms with Crippen LogP contribution in [0.25, 0.3) is 0 Å². The summed E-state index contributed by atoms with van der Waals surface area (Å²) < 4.78 is 0. The van der Waals surface area contributed by atoms with E-state index in [1.807, 2.05) is 6.92 Å². The third-order valence-corrected chi connectivity index (χ3v) is 3.69. The summed E-state index contributed by atoms with van der Waals surface area (Å²) in [7, 11) is 0. The molecule has 0 aromatic carbocycles. The van der Waals surface area contributed by atoms with Crippen LogP contribution in [-0.2, 0) is 0 Å². The van der Waals surface area contributed by atoms with Crippen molar-refractivity contribution in [2.75, 3.05) is 0 Å². The summed E-state index contributed by atoms with van der Waals surface area (Å²) in [5.41, 5.74) is 3.94. The predicted octanol–water partition coefficient (Wildman–Crippen LogP) is 4.36. The maximum absolute atomic E-state index is 10.0. The molecule has 0 spiro atoms. The quantitative estimate of drug-likeness (QED) is 0.647. The Hall–Kier alpha value is -0.720. The van der Waals surface area contributed by atoms with Gasteiger partial charge in [-0.25, -0.2) is 0 Å². The number of aliphatic hydroxyl groups excluding tert-OH is 1. The molecule has 0 heterocycles. The first-order valence-corrected chi connectivity index (χ1v) is 5.49. The van der Waals surface area contributed by atoms with Crippen LogP contribution in [0.2, 0.25) is 0 Å². The maximum Gasteiger partial charge on any atom is 0.117 e. The Morgan fingerprint density at radius 3 is 2.36 bits per heavy atom. The lowest BCUT2D eigenvalue weighted by molar-refractivity contribution is 0.410. The molecule has 0 amide bonds. The van der Waals surface area contributed by atoms with Gasteiger partial charge in [-0.05, 0) is 49.7 Å². The molecule has 1 heteroatoms. The van der Waals surface area contributed by atoms with Gasteiger partial charge in [0, 0.05) is 0 Å². The van der Waals surface area contributed by atoms with E-state index in [1.165, 1.54) is 11.1 Å². The first-order chi connectivity index (χ1) is 6.40. The van der Waals surface area contributed by atoms with Gasteiger partial charge in [-0.15, -0.1) is 0 Å². The van der Waals surface area contributed by atoms with E-state index in [0.717, 1.165) is 24.8 Å². The van der Waals surface area contributed by atoms with E-state index in [2.05, 4.69) is 27.7 Å². The lowest BCUT2D eigenvalue weighted by atomic mass is 9.86. The minimum Gasteiger partial charge on any atom is -0.508 e. The van der Waals surface area contributed by atoms with Crippen LogP contribution in [0.5, 0.6) is 0 Å². The normalized spacial score (nSPS) is 22.6. The van der Waals surface area contributed by atoms with E-state index >= 15 is 0 Å². The summed E-state index contributed by atoms with van der Waals surface area (Å²) >= 11 is 0. The lowest BCUT2D eigenvalue weighted by Gasteiger charge is -2.19. The van der Waals surface area contributed by atoms with Crippen LogP contribution in [0.1, 0.15) is 53.9 Å². The molecule has 0 aliphatic heterocycles. The molecule has 0 aromatic rings. The summed E-state index contributed by atoms with van der Waals surface area (Å²) in [5, 5.41) is 10.0. The molecule has 1 aliphatic rings. The molecular weight excluding hydrogens is 172 g/mol. The molecule has 0 saturated carbocycles. The molecule has 0 bridgehead atoms. The van der Waals surface area contributed by atoms with Crippen molar-refractivity contribution < 1.29 is 5.11 Å². The molecular formula is C13H22O. The van der Waals surface area contributed by atoms with Crippen molar-refractivity contribution in [2.24, 2.45) is 5.41 Å². The van der Waals surface area contributed by atoms with Crippen molar-refractivity contribution in [3.05, 3.63) is 22.5 Å². The lowest BCUT2D eigenvalue weighted by Crippen LogP contribution is -2.07. The SMILES string of the molecule is CCC(C)=C(O)C1=C(C)C(C)(C)CC1. The van der Waals surface area contributed by atoms with Crippen molar-refractivity contribution in [2.45, 2.75) is 53.9 Å². The molecule has 0 saturated heterocycles. The van der Waals surface area contributed by atoms with Gasteiger partial charge < -0.3 is 5.11 Å². The molecule has 80 valence electrons. The maximum atomic E-state index is 10.0. The van der Waals surface area contributed by atoms with Crippen molar-refractivity contribution in [1.82, 2.24) is 0 Å². The zero-order valence-corrected chi connectivity index (χ0v) is 10.1. The fraction of sp³-hybridized carbons (Fsp3) is 0.692. The first kappa shape index (κ1) is 11.4. The van der Waals surface area contributed by atoms with Crippen LogP contribution in [0.3, 0.4) is 0 Å². The second-order valence-corrected chi connectivity index (χ2v) is 4.97. The molecule has 1 aliphatic carbocycles. The Balaban J connectivity index is 3.07. The minimum atomic E-state index is 0.275. The smallest absolute Gasteiger partial charge is 0.117 e. The average Bonchev–Trinajstić information content (AvgIpc) is 2.40. The monoisotopic (exact) mass is 194 g/mol. The van der Waals surface area contributed by atoms with E-state index in [-0.39, 0.29) is 5.41 Å². The van der Waals surface area contributed by atoms with E-state index < -0.39 is 0 Å². The molecule has 1 nitrogen and oxygen atoms in total. The van der Waals surface area contributed by atoms with Gasteiger partial charge in [-0.1, -0.05) is 26.3 Å². The predicted molar refractivity (Wildman–Crippen MR) is 61.3 cm³/mol. The van der Waals surface area contributed by atoms with Crippen LogP contribution in [0, 0.1) is 5.41 Å². The topological polar surface area (TPSA) is 20.2 Å². The number of aliphatic hydroxyl groups is 1. The van der Waals surface area contributed by atoms with Gasteiger partial charge in [-0.2, -0.15) is 0 Å². The zero-order chi connectivity index (χ0) is 10.9. The average molecular weight is 194 g/mol. The van der Waals surface area contributed by atoms with Gasteiger partial charge in [0.1, 0.15) is 5.76 Å². The number of rotatable bonds is 2. The van der Waals surface area contributed by atoms with Gasteiger partial charge >= 0.3 is 0 Å². The van der Waals surface area contributed by atoms with Gasteiger partial charge in [0.25, 0.3) is 0 Å². The van der Waals surface area contributed by atoms with Crippen molar-refractivity contribution in [3.63, 3.8) is 0 Å². The molecule has 0 aromatic heterocycles. The number of allylic oxidation sites excluding steroid dienone is 3.